The van der Waals surface area contributed by atoms with Gasteiger partial charge < -0.3 is 24.3 Å². The van der Waals surface area contributed by atoms with Gasteiger partial charge in [0.05, 0.1) is 34.1 Å². The van der Waals surface area contributed by atoms with Gasteiger partial charge in [0.2, 0.25) is 11.7 Å². The van der Waals surface area contributed by atoms with Crippen molar-refractivity contribution in [1.29, 1.82) is 0 Å². The van der Waals surface area contributed by atoms with Crippen molar-refractivity contribution < 1.29 is 42.9 Å². The Labute approximate surface area is 245 Å². The summed E-state index contributed by atoms with van der Waals surface area (Å²) in [6.07, 6.45) is 0.932. The third-order valence-electron chi connectivity index (χ3n) is 6.24. The second-order valence-electron chi connectivity index (χ2n) is 8.81. The summed E-state index contributed by atoms with van der Waals surface area (Å²) in [5.41, 5.74) is 3.25. The number of rotatable bonds is 10. The first-order valence-corrected chi connectivity index (χ1v) is 12.6. The van der Waals surface area contributed by atoms with Gasteiger partial charge >= 0.3 is 6.03 Å². The number of carbonyl (C=O) groups excluding carboxylic acids is 5. The number of ether oxygens (including phenoxy) is 4. The lowest BCUT2D eigenvalue weighted by Crippen LogP contribution is -2.58. The smallest absolute Gasteiger partial charge is 0.335 e. The number of hydrazone groups is 1. The maximum atomic E-state index is 13.0. The largest absolute Gasteiger partial charge is 0.497 e. The number of hydrogen-bond donors (Lipinski definition) is 3. The van der Waals surface area contributed by atoms with Crippen molar-refractivity contribution >= 4 is 47.2 Å². The maximum absolute atomic E-state index is 13.0. The highest BCUT2D eigenvalue weighted by molar-refractivity contribution is 6.32. The quantitative estimate of drug-likeness (QED) is 0.182. The highest BCUT2D eigenvalue weighted by atomic mass is 16.5. The van der Waals surface area contributed by atoms with Gasteiger partial charge in [0.1, 0.15) is 5.75 Å². The molecule has 0 aromatic heterocycles. The second kappa shape index (κ2) is 13.2. The van der Waals surface area contributed by atoms with Gasteiger partial charge in [-0.25, -0.2) is 15.1 Å². The zero-order valence-corrected chi connectivity index (χ0v) is 23.5. The first-order chi connectivity index (χ1) is 20.7. The van der Waals surface area contributed by atoms with E-state index in [0.29, 0.717) is 28.7 Å². The van der Waals surface area contributed by atoms with Crippen molar-refractivity contribution in [1.82, 2.24) is 10.7 Å². The van der Waals surface area contributed by atoms with Crippen LogP contribution in [0.1, 0.15) is 20.7 Å². The van der Waals surface area contributed by atoms with E-state index in [2.05, 4.69) is 21.2 Å². The molecule has 14 nitrogen and oxygen atoms in total. The van der Waals surface area contributed by atoms with Crippen LogP contribution in [-0.4, -0.2) is 64.3 Å². The molecule has 43 heavy (non-hydrogen) atoms. The summed E-state index contributed by atoms with van der Waals surface area (Å²) < 4.78 is 21.0. The molecule has 1 atom stereocenters. The molecule has 4 rings (SSSR count). The summed E-state index contributed by atoms with van der Waals surface area (Å²) >= 11 is 0. The predicted molar refractivity (Wildman–Crippen MR) is 154 cm³/mol. The highest BCUT2D eigenvalue weighted by Crippen LogP contribution is 2.38. The van der Waals surface area contributed by atoms with Gasteiger partial charge in [-0.1, -0.05) is 6.07 Å². The number of carbonyl (C=O) groups is 5. The van der Waals surface area contributed by atoms with Crippen molar-refractivity contribution in [2.45, 2.75) is 0 Å². The standard InChI is InChI=1S/C29H27N5O9/c1-40-20-7-5-6-19(14-20)34-28(38)21(27(37)32-29(34)39)15-30-33-26(36)16-8-10-18(11-9-16)31-25(35)17-12-22(41-2)24(43-4)23(13-17)42-3/h5-15,21H,1-4H3,(H,31,35)(H,33,36)(H,32,37,39)/b30-15-/t21-/m0/s1. The molecule has 0 radical (unpaired) electrons. The monoisotopic (exact) mass is 589 g/mol. The maximum Gasteiger partial charge on any atom is 0.335 e. The molecule has 1 heterocycles. The zero-order valence-electron chi connectivity index (χ0n) is 23.5. The van der Waals surface area contributed by atoms with Crippen LogP contribution in [0.3, 0.4) is 0 Å². The third kappa shape index (κ3) is 6.53. The first-order valence-electron chi connectivity index (χ1n) is 12.6. The van der Waals surface area contributed by atoms with Crippen LogP contribution in [0.2, 0.25) is 0 Å². The van der Waals surface area contributed by atoms with E-state index >= 15 is 0 Å². The molecule has 6 amide bonds. The molecule has 0 aliphatic carbocycles. The Hall–Kier alpha value is -5.92. The van der Waals surface area contributed by atoms with Gasteiger partial charge in [-0.3, -0.25) is 24.5 Å². The molecule has 222 valence electrons. The minimum absolute atomic E-state index is 0.176. The molecule has 0 unspecified atom stereocenters. The Kier molecular flexibility index (Phi) is 9.20. The summed E-state index contributed by atoms with van der Waals surface area (Å²) in [7, 11) is 5.76. The first kappa shape index (κ1) is 30.0. The number of nitrogens with zero attached hydrogens (tertiary/aromatic N) is 2. The van der Waals surface area contributed by atoms with Crippen LogP contribution < -0.4 is 39.9 Å². The average molecular weight is 590 g/mol. The fourth-order valence-corrected chi connectivity index (χ4v) is 4.07. The second-order valence-corrected chi connectivity index (χ2v) is 8.81. The average Bonchev–Trinajstić information content (AvgIpc) is 3.01. The van der Waals surface area contributed by atoms with E-state index in [4.69, 9.17) is 18.9 Å². The topological polar surface area (TPSA) is 174 Å². The molecule has 0 bridgehead atoms. The van der Waals surface area contributed by atoms with E-state index in [1.165, 1.54) is 77.0 Å². The third-order valence-corrected chi connectivity index (χ3v) is 6.24. The Bertz CT molecular complexity index is 1580. The van der Waals surface area contributed by atoms with Crippen molar-refractivity contribution in [3.63, 3.8) is 0 Å². The number of amides is 6. The Morgan fingerprint density at radius 1 is 0.837 bits per heavy atom. The summed E-state index contributed by atoms with van der Waals surface area (Å²) in [6, 6.07) is 14.1. The number of urea groups is 1. The van der Waals surface area contributed by atoms with Gasteiger partial charge in [-0.2, -0.15) is 5.10 Å². The number of anilines is 2. The van der Waals surface area contributed by atoms with Crippen LogP contribution in [0, 0.1) is 5.92 Å². The van der Waals surface area contributed by atoms with E-state index in [1.54, 1.807) is 12.1 Å². The molecule has 3 aromatic carbocycles. The Morgan fingerprint density at radius 2 is 1.51 bits per heavy atom. The van der Waals surface area contributed by atoms with Crippen molar-refractivity contribution in [3.8, 4) is 23.0 Å². The lowest BCUT2D eigenvalue weighted by Gasteiger charge is -2.28. The summed E-state index contributed by atoms with van der Waals surface area (Å²) in [6.45, 7) is 0. The fourth-order valence-electron chi connectivity index (χ4n) is 4.07. The number of benzene rings is 3. The van der Waals surface area contributed by atoms with Gasteiger partial charge in [0, 0.05) is 29.1 Å². The summed E-state index contributed by atoms with van der Waals surface area (Å²) in [5.74, 6) is -2.96. The van der Waals surface area contributed by atoms with E-state index in [-0.39, 0.29) is 16.8 Å². The summed E-state index contributed by atoms with van der Waals surface area (Å²) in [5, 5.41) is 8.55. The number of barbiturate groups is 1. The molecular weight excluding hydrogens is 562 g/mol. The van der Waals surface area contributed by atoms with Crippen molar-refractivity contribution in [3.05, 3.63) is 71.8 Å². The normalized spacial score (nSPS) is 14.7. The van der Waals surface area contributed by atoms with E-state index in [9.17, 15) is 24.0 Å². The number of methoxy groups -OCH3 is 4. The minimum atomic E-state index is -1.48. The number of imide groups is 2. The molecule has 0 saturated carbocycles. The fraction of sp³-hybridized carbons (Fsp3) is 0.172. The van der Waals surface area contributed by atoms with E-state index in [1.807, 2.05) is 0 Å². The van der Waals surface area contributed by atoms with Crippen molar-refractivity contribution in [2.75, 3.05) is 38.7 Å². The molecule has 1 aliphatic heterocycles. The van der Waals surface area contributed by atoms with Crippen LogP contribution in [0.5, 0.6) is 23.0 Å². The van der Waals surface area contributed by atoms with Gasteiger partial charge in [0.15, 0.2) is 17.4 Å². The molecule has 1 fully saturated rings. The van der Waals surface area contributed by atoms with Crippen LogP contribution >= 0.6 is 0 Å². The van der Waals surface area contributed by atoms with Crippen LogP contribution in [0.4, 0.5) is 16.2 Å². The lowest BCUT2D eigenvalue weighted by molar-refractivity contribution is -0.131. The van der Waals surface area contributed by atoms with Gasteiger partial charge in [-0.05, 0) is 48.5 Å². The van der Waals surface area contributed by atoms with Crippen LogP contribution in [0.15, 0.2) is 65.8 Å². The van der Waals surface area contributed by atoms with E-state index < -0.39 is 35.6 Å². The minimum Gasteiger partial charge on any atom is -0.497 e. The molecule has 3 N–H and O–H groups in total. The van der Waals surface area contributed by atoms with Crippen LogP contribution in [-0.2, 0) is 9.59 Å². The highest BCUT2D eigenvalue weighted by Gasteiger charge is 2.40. The Balaban J connectivity index is 1.40. The van der Waals surface area contributed by atoms with Gasteiger partial charge in [-0.15, -0.1) is 0 Å². The molecule has 1 saturated heterocycles. The lowest BCUT2D eigenvalue weighted by atomic mass is 10.1. The SMILES string of the molecule is COc1cccc(N2C(=O)NC(=O)[C@H](/C=N\NC(=O)c3ccc(NC(=O)c4cc(OC)c(OC)c(OC)c4)cc3)C2=O)c1. The summed E-state index contributed by atoms with van der Waals surface area (Å²) in [4.78, 5) is 63.9. The molecule has 1 aliphatic rings. The van der Waals surface area contributed by atoms with Gasteiger partial charge in [0.25, 0.3) is 17.7 Å². The Morgan fingerprint density at radius 3 is 2.12 bits per heavy atom. The number of nitrogens with one attached hydrogen (secondary N) is 3. The van der Waals surface area contributed by atoms with Crippen LogP contribution in [0.25, 0.3) is 0 Å². The predicted octanol–water partition coefficient (Wildman–Crippen LogP) is 2.59. The number of hydrogen-bond acceptors (Lipinski definition) is 10. The molecule has 3 aromatic rings. The molecular formula is C29H27N5O9. The molecule has 0 spiro atoms. The van der Waals surface area contributed by atoms with Crippen molar-refractivity contribution in [2.24, 2.45) is 11.0 Å². The molecule has 14 heteroatoms. The van der Waals surface area contributed by atoms with E-state index in [0.717, 1.165) is 11.1 Å². The zero-order chi connectivity index (χ0) is 31.1.